The van der Waals surface area contributed by atoms with Crippen molar-refractivity contribution in [3.05, 3.63) is 55.0 Å². The summed E-state index contributed by atoms with van der Waals surface area (Å²) in [4.78, 5) is 62.7. The molecule has 11 nitrogen and oxygen atoms in total. The Morgan fingerprint density at radius 1 is 1.15 bits per heavy atom. The highest BCUT2D eigenvalue weighted by atomic mass is 127. The van der Waals surface area contributed by atoms with Crippen LogP contribution < -0.4 is 14.8 Å². The van der Waals surface area contributed by atoms with Gasteiger partial charge >= 0.3 is 11.9 Å². The molecule has 0 aromatic heterocycles. The molecule has 0 aliphatic carbocycles. The lowest BCUT2D eigenvalue weighted by Crippen LogP contribution is -2.36. The van der Waals surface area contributed by atoms with Gasteiger partial charge < -0.3 is 24.3 Å². The lowest BCUT2D eigenvalue weighted by molar-refractivity contribution is -0.143. The number of rotatable bonds is 11. The lowest BCUT2D eigenvalue weighted by Gasteiger charge is -2.14. The molecule has 1 N–H and O–H groups in total. The summed E-state index contributed by atoms with van der Waals surface area (Å²) in [6, 6.07) is 7.54. The van der Waals surface area contributed by atoms with E-state index in [0.29, 0.717) is 38.8 Å². The van der Waals surface area contributed by atoms with Gasteiger partial charge in [0.25, 0.3) is 11.1 Å². The molecule has 14 heteroatoms. The number of anilines is 1. The highest BCUT2D eigenvalue weighted by Crippen LogP contribution is 2.37. The number of thioether (sulfide) groups is 1. The molecule has 0 radical (unpaired) electrons. The second kappa shape index (κ2) is 14.4. The van der Waals surface area contributed by atoms with Crippen LogP contribution in [0, 0.1) is 3.57 Å². The molecule has 40 heavy (non-hydrogen) atoms. The number of benzene rings is 2. The van der Waals surface area contributed by atoms with E-state index in [1.807, 2.05) is 29.5 Å². The summed E-state index contributed by atoms with van der Waals surface area (Å²) in [7, 11) is 2.67. The number of hydrogen-bond donors (Lipinski definition) is 1. The third-order valence-corrected chi connectivity index (χ3v) is 7.23. The van der Waals surface area contributed by atoms with E-state index < -0.39 is 35.5 Å². The van der Waals surface area contributed by atoms with Crippen molar-refractivity contribution in [1.29, 1.82) is 0 Å². The highest BCUT2D eigenvalue weighted by molar-refractivity contribution is 14.1. The Hall–Kier alpha value is -3.30. The molecule has 0 saturated carbocycles. The van der Waals surface area contributed by atoms with Crippen LogP contribution in [0.1, 0.15) is 29.3 Å². The van der Waals surface area contributed by atoms with Crippen molar-refractivity contribution in [2.24, 2.45) is 0 Å². The quantitative estimate of drug-likeness (QED) is 0.199. The predicted molar refractivity (Wildman–Crippen MR) is 157 cm³/mol. The second-order valence-electron chi connectivity index (χ2n) is 8.05. The summed E-state index contributed by atoms with van der Waals surface area (Å²) in [5, 5.41) is 2.10. The Bertz CT molecular complexity index is 1380. The van der Waals surface area contributed by atoms with Crippen molar-refractivity contribution >= 4 is 86.7 Å². The molecule has 0 unspecified atom stereocenters. The van der Waals surface area contributed by atoms with E-state index in [2.05, 4.69) is 10.1 Å². The van der Waals surface area contributed by atoms with Gasteiger partial charge in [-0.15, -0.1) is 0 Å². The standard InChI is InChI=1S/C26H24ClIN2O9S/c1-4-7-38-25(34)16-11-15(5-6-17(16)27)29-21(31)12-30-24(33)20(40-26(30)35)10-14-8-18(28)23(19(9-14)36-2)39-13-22(32)37-3/h5-6,8-11H,4,7,12-13H2,1-3H3,(H,29,31)/b20-10-. The first-order valence-corrected chi connectivity index (χ1v) is 13.9. The van der Waals surface area contributed by atoms with Crippen LogP contribution in [0.5, 0.6) is 11.5 Å². The van der Waals surface area contributed by atoms with Gasteiger partial charge in [-0.2, -0.15) is 0 Å². The van der Waals surface area contributed by atoms with E-state index in [1.54, 1.807) is 12.1 Å². The molecule has 1 heterocycles. The Kier molecular flexibility index (Phi) is 11.2. The molecule has 212 valence electrons. The average Bonchev–Trinajstić information content (AvgIpc) is 3.18. The summed E-state index contributed by atoms with van der Waals surface area (Å²) in [5.74, 6) is -1.87. The number of carbonyl (C=O) groups excluding carboxylic acids is 5. The third-order valence-electron chi connectivity index (χ3n) is 5.19. The smallest absolute Gasteiger partial charge is 0.343 e. The van der Waals surface area contributed by atoms with E-state index in [0.717, 1.165) is 4.90 Å². The minimum atomic E-state index is -0.651. The molecule has 0 atom stereocenters. The third kappa shape index (κ3) is 7.88. The van der Waals surface area contributed by atoms with Crippen LogP contribution in [0.3, 0.4) is 0 Å². The van der Waals surface area contributed by atoms with Crippen LogP contribution in [-0.2, 0) is 23.9 Å². The molecule has 3 amide bonds. The van der Waals surface area contributed by atoms with Crippen molar-refractivity contribution in [3.8, 4) is 11.5 Å². The van der Waals surface area contributed by atoms with Gasteiger partial charge in [0.2, 0.25) is 5.91 Å². The molecule has 1 aliphatic rings. The molecule has 1 fully saturated rings. The molecule has 1 aliphatic heterocycles. The number of halogens is 2. The Morgan fingerprint density at radius 3 is 2.58 bits per heavy atom. The van der Waals surface area contributed by atoms with Crippen molar-refractivity contribution < 1.29 is 42.9 Å². The number of nitrogens with one attached hydrogen (secondary N) is 1. The Labute approximate surface area is 252 Å². The maximum atomic E-state index is 13.0. The van der Waals surface area contributed by atoms with E-state index in [1.165, 1.54) is 38.5 Å². The zero-order valence-corrected chi connectivity index (χ0v) is 25.3. The first-order valence-electron chi connectivity index (χ1n) is 11.7. The number of carbonyl (C=O) groups is 5. The molecule has 3 rings (SSSR count). The number of imide groups is 1. The number of methoxy groups -OCH3 is 2. The minimum Gasteiger partial charge on any atom is -0.493 e. The summed E-state index contributed by atoms with van der Waals surface area (Å²) < 4.78 is 21.1. The first kappa shape index (κ1) is 31.2. The van der Waals surface area contributed by atoms with Crippen molar-refractivity contribution in [2.45, 2.75) is 13.3 Å². The van der Waals surface area contributed by atoms with Crippen molar-refractivity contribution in [1.82, 2.24) is 4.90 Å². The molecular formula is C26H24ClIN2O9S. The topological polar surface area (TPSA) is 138 Å². The molecule has 0 spiro atoms. The van der Waals surface area contributed by atoms with Crippen LogP contribution in [0.4, 0.5) is 10.5 Å². The SMILES string of the molecule is CCCOC(=O)c1cc(NC(=O)CN2C(=O)S/C(=C\c3cc(I)c(OCC(=O)OC)c(OC)c3)C2=O)ccc1Cl. The fourth-order valence-electron chi connectivity index (χ4n) is 3.32. The number of nitrogens with zero attached hydrogens (tertiary/aromatic N) is 1. The lowest BCUT2D eigenvalue weighted by atomic mass is 10.2. The monoisotopic (exact) mass is 702 g/mol. The summed E-state index contributed by atoms with van der Waals surface area (Å²) in [6.07, 6.45) is 2.13. The number of esters is 2. The maximum absolute atomic E-state index is 13.0. The number of amides is 3. The van der Waals surface area contributed by atoms with Gasteiger partial charge in [0.15, 0.2) is 18.1 Å². The minimum absolute atomic E-state index is 0.0776. The van der Waals surface area contributed by atoms with Crippen LogP contribution in [0.15, 0.2) is 35.2 Å². The fourth-order valence-corrected chi connectivity index (χ4v) is 5.13. The molecule has 2 aromatic carbocycles. The zero-order chi connectivity index (χ0) is 29.4. The fraction of sp³-hybridized carbons (Fsp3) is 0.269. The van der Waals surface area contributed by atoms with Gasteiger partial charge in [-0.25, -0.2) is 9.59 Å². The van der Waals surface area contributed by atoms with Crippen molar-refractivity contribution in [2.75, 3.05) is 39.3 Å². The van der Waals surface area contributed by atoms with Gasteiger partial charge in [-0.05, 0) is 82.7 Å². The highest BCUT2D eigenvalue weighted by Gasteiger charge is 2.36. The first-order chi connectivity index (χ1) is 19.1. The van der Waals surface area contributed by atoms with Gasteiger partial charge in [0.1, 0.15) is 6.54 Å². The molecule has 0 bridgehead atoms. The van der Waals surface area contributed by atoms with E-state index in [-0.39, 0.29) is 34.4 Å². The van der Waals surface area contributed by atoms with Crippen molar-refractivity contribution in [3.63, 3.8) is 0 Å². The number of ether oxygens (including phenoxy) is 4. The van der Waals surface area contributed by atoms with Gasteiger partial charge in [0.05, 0.1) is 39.9 Å². The largest absolute Gasteiger partial charge is 0.493 e. The number of hydrogen-bond acceptors (Lipinski definition) is 10. The Balaban J connectivity index is 1.72. The van der Waals surface area contributed by atoms with Crippen LogP contribution in [0.2, 0.25) is 5.02 Å². The van der Waals surface area contributed by atoms with Gasteiger partial charge in [0, 0.05) is 5.69 Å². The van der Waals surface area contributed by atoms with E-state index in [9.17, 15) is 24.0 Å². The van der Waals surface area contributed by atoms with Crippen LogP contribution >= 0.6 is 46.0 Å². The zero-order valence-electron chi connectivity index (χ0n) is 21.6. The summed E-state index contributed by atoms with van der Waals surface area (Å²) in [6.45, 7) is 1.21. The molecular weight excluding hydrogens is 679 g/mol. The normalized spacial score (nSPS) is 13.8. The van der Waals surface area contributed by atoms with E-state index in [4.69, 9.17) is 25.8 Å². The van der Waals surface area contributed by atoms with E-state index >= 15 is 0 Å². The predicted octanol–water partition coefficient (Wildman–Crippen LogP) is 4.75. The molecule has 1 saturated heterocycles. The Morgan fingerprint density at radius 2 is 1.90 bits per heavy atom. The van der Waals surface area contributed by atoms with Gasteiger partial charge in [-0.3, -0.25) is 19.3 Å². The van der Waals surface area contributed by atoms with Gasteiger partial charge in [-0.1, -0.05) is 18.5 Å². The summed E-state index contributed by atoms with van der Waals surface area (Å²) in [5.41, 5.74) is 0.857. The second-order valence-corrected chi connectivity index (χ2v) is 10.6. The summed E-state index contributed by atoms with van der Waals surface area (Å²) >= 11 is 8.76. The van der Waals surface area contributed by atoms with Crippen LogP contribution in [0.25, 0.3) is 6.08 Å². The molecule has 2 aromatic rings. The maximum Gasteiger partial charge on any atom is 0.343 e. The average molecular weight is 703 g/mol. The van der Waals surface area contributed by atoms with Crippen LogP contribution in [-0.4, -0.2) is 67.9 Å².